The van der Waals surface area contributed by atoms with Gasteiger partial charge in [0.05, 0.1) is 18.8 Å². The van der Waals surface area contributed by atoms with E-state index >= 15 is 0 Å². The number of amides is 1. The zero-order valence-corrected chi connectivity index (χ0v) is 13.7. The van der Waals surface area contributed by atoms with Gasteiger partial charge in [-0.3, -0.25) is 4.79 Å². The molecule has 0 aromatic heterocycles. The highest BCUT2D eigenvalue weighted by Crippen LogP contribution is 2.26. The molecule has 1 aromatic rings. The van der Waals surface area contributed by atoms with Crippen LogP contribution in [-0.4, -0.2) is 30.2 Å². The minimum Gasteiger partial charge on any atom is -0.497 e. The molecular weight excluding hydrogens is 304 g/mol. The highest BCUT2D eigenvalue weighted by Gasteiger charge is 2.35. The Morgan fingerprint density at radius 3 is 2.73 bits per heavy atom. The molecule has 0 bridgehead atoms. The van der Waals surface area contributed by atoms with Gasteiger partial charge in [0, 0.05) is 6.54 Å². The van der Waals surface area contributed by atoms with Gasteiger partial charge >= 0.3 is 0 Å². The van der Waals surface area contributed by atoms with Gasteiger partial charge in [0.1, 0.15) is 5.75 Å². The molecule has 1 saturated carbocycles. The zero-order chi connectivity index (χ0) is 15.3. The molecule has 0 heterocycles. The second-order valence-electron chi connectivity index (χ2n) is 5.72. The van der Waals surface area contributed by atoms with Crippen LogP contribution in [0.1, 0.15) is 43.8 Å². The SMILES string of the molecule is COc1cccc(C(O)CNC(=O)C2(N)CCCCC2)c1.Cl. The second-order valence-corrected chi connectivity index (χ2v) is 5.72. The highest BCUT2D eigenvalue weighted by molar-refractivity contribution is 5.86. The number of carbonyl (C=O) groups is 1. The van der Waals surface area contributed by atoms with Crippen LogP contribution in [0.4, 0.5) is 0 Å². The number of halogens is 1. The molecule has 1 fully saturated rings. The Balaban J connectivity index is 0.00000242. The van der Waals surface area contributed by atoms with Crippen molar-refractivity contribution in [1.82, 2.24) is 5.32 Å². The topological polar surface area (TPSA) is 84.6 Å². The Bertz CT molecular complexity index is 490. The molecule has 0 radical (unpaired) electrons. The molecule has 1 unspecified atom stereocenters. The van der Waals surface area contributed by atoms with Crippen molar-refractivity contribution in [1.29, 1.82) is 0 Å². The number of nitrogens with two attached hydrogens (primary N) is 1. The Kier molecular flexibility index (Phi) is 7.13. The van der Waals surface area contributed by atoms with Crippen LogP contribution in [0.3, 0.4) is 0 Å². The first kappa shape index (κ1) is 18.7. The number of hydrogen-bond acceptors (Lipinski definition) is 4. The lowest BCUT2D eigenvalue weighted by atomic mass is 9.82. The summed E-state index contributed by atoms with van der Waals surface area (Å²) in [5, 5.41) is 12.9. The van der Waals surface area contributed by atoms with Crippen LogP contribution < -0.4 is 15.8 Å². The maximum absolute atomic E-state index is 12.2. The van der Waals surface area contributed by atoms with Gasteiger partial charge < -0.3 is 20.9 Å². The lowest BCUT2D eigenvalue weighted by Gasteiger charge is -2.32. The summed E-state index contributed by atoms with van der Waals surface area (Å²) in [6.07, 6.45) is 3.78. The molecule has 2 rings (SSSR count). The fraction of sp³-hybridized carbons (Fsp3) is 0.562. The molecule has 5 nitrogen and oxygen atoms in total. The average Bonchev–Trinajstić information content (AvgIpc) is 2.53. The summed E-state index contributed by atoms with van der Waals surface area (Å²) >= 11 is 0. The first-order valence-corrected chi connectivity index (χ1v) is 7.44. The van der Waals surface area contributed by atoms with Gasteiger partial charge in [-0.05, 0) is 30.5 Å². The number of hydrogen-bond donors (Lipinski definition) is 3. The molecule has 1 amide bonds. The summed E-state index contributed by atoms with van der Waals surface area (Å²) in [7, 11) is 1.58. The molecule has 4 N–H and O–H groups in total. The first-order chi connectivity index (χ1) is 10.0. The summed E-state index contributed by atoms with van der Waals surface area (Å²) in [6.45, 7) is 0.158. The van der Waals surface area contributed by atoms with E-state index in [0.29, 0.717) is 24.2 Å². The molecular formula is C16H25ClN2O3. The predicted molar refractivity (Wildman–Crippen MR) is 88.2 cm³/mol. The van der Waals surface area contributed by atoms with Crippen LogP contribution in [-0.2, 0) is 4.79 Å². The number of nitrogens with one attached hydrogen (secondary N) is 1. The van der Waals surface area contributed by atoms with Crippen molar-refractivity contribution in [3.63, 3.8) is 0 Å². The molecule has 6 heteroatoms. The molecule has 1 atom stereocenters. The number of carbonyl (C=O) groups excluding carboxylic acids is 1. The average molecular weight is 329 g/mol. The van der Waals surface area contributed by atoms with Crippen LogP contribution in [0.5, 0.6) is 5.75 Å². The van der Waals surface area contributed by atoms with E-state index in [1.165, 1.54) is 0 Å². The molecule has 0 aliphatic heterocycles. The van der Waals surface area contributed by atoms with Crippen molar-refractivity contribution < 1.29 is 14.6 Å². The van der Waals surface area contributed by atoms with Gasteiger partial charge in [0.15, 0.2) is 0 Å². The summed E-state index contributed by atoms with van der Waals surface area (Å²) in [4.78, 5) is 12.2. The highest BCUT2D eigenvalue weighted by atomic mass is 35.5. The fourth-order valence-electron chi connectivity index (χ4n) is 2.74. The fourth-order valence-corrected chi connectivity index (χ4v) is 2.74. The van der Waals surface area contributed by atoms with Crippen LogP contribution >= 0.6 is 12.4 Å². The van der Waals surface area contributed by atoms with E-state index in [1.54, 1.807) is 19.2 Å². The Morgan fingerprint density at radius 1 is 1.41 bits per heavy atom. The van der Waals surface area contributed by atoms with Crippen molar-refractivity contribution in [2.45, 2.75) is 43.7 Å². The van der Waals surface area contributed by atoms with Crippen LogP contribution in [0.15, 0.2) is 24.3 Å². The van der Waals surface area contributed by atoms with E-state index in [0.717, 1.165) is 19.3 Å². The minimum absolute atomic E-state index is 0. The normalized spacial score (nSPS) is 18.0. The van der Waals surface area contributed by atoms with Gasteiger partial charge in [-0.15, -0.1) is 12.4 Å². The number of aliphatic hydroxyl groups is 1. The zero-order valence-electron chi connectivity index (χ0n) is 12.9. The van der Waals surface area contributed by atoms with E-state index < -0.39 is 11.6 Å². The number of rotatable bonds is 5. The lowest BCUT2D eigenvalue weighted by molar-refractivity contribution is -0.128. The maximum atomic E-state index is 12.2. The first-order valence-electron chi connectivity index (χ1n) is 7.44. The molecule has 124 valence electrons. The van der Waals surface area contributed by atoms with Gasteiger partial charge in [0.25, 0.3) is 0 Å². The smallest absolute Gasteiger partial charge is 0.240 e. The quantitative estimate of drug-likeness (QED) is 0.771. The van der Waals surface area contributed by atoms with Crippen LogP contribution in [0.25, 0.3) is 0 Å². The van der Waals surface area contributed by atoms with Crippen molar-refractivity contribution in [2.75, 3.05) is 13.7 Å². The largest absolute Gasteiger partial charge is 0.497 e. The molecule has 22 heavy (non-hydrogen) atoms. The van der Waals surface area contributed by atoms with Crippen molar-refractivity contribution in [3.8, 4) is 5.75 Å². The van der Waals surface area contributed by atoms with E-state index in [9.17, 15) is 9.90 Å². The molecule has 0 saturated heterocycles. The molecule has 1 aliphatic rings. The number of benzene rings is 1. The summed E-state index contributed by atoms with van der Waals surface area (Å²) < 4.78 is 5.12. The Morgan fingerprint density at radius 2 is 2.09 bits per heavy atom. The second kappa shape index (κ2) is 8.36. The third-order valence-electron chi connectivity index (χ3n) is 4.13. The summed E-state index contributed by atoms with van der Waals surface area (Å²) in [5.41, 5.74) is 6.10. The number of aliphatic hydroxyl groups excluding tert-OH is 1. The number of ether oxygens (including phenoxy) is 1. The molecule has 1 aliphatic carbocycles. The Hall–Kier alpha value is -1.30. The third-order valence-corrected chi connectivity index (χ3v) is 4.13. The lowest BCUT2D eigenvalue weighted by Crippen LogP contribution is -2.55. The van der Waals surface area contributed by atoms with E-state index in [4.69, 9.17) is 10.5 Å². The minimum atomic E-state index is -0.771. The monoisotopic (exact) mass is 328 g/mol. The summed E-state index contributed by atoms with van der Waals surface area (Å²) in [6, 6.07) is 7.18. The number of methoxy groups -OCH3 is 1. The van der Waals surface area contributed by atoms with Crippen LogP contribution in [0.2, 0.25) is 0 Å². The standard InChI is InChI=1S/C16H24N2O3.ClH/c1-21-13-7-5-6-12(10-13)14(19)11-18-15(20)16(17)8-3-2-4-9-16;/h5-7,10,14,19H,2-4,8-9,11,17H2,1H3,(H,18,20);1H. The predicted octanol–water partition coefficient (Wildman–Crippen LogP) is 1.93. The maximum Gasteiger partial charge on any atom is 0.240 e. The van der Waals surface area contributed by atoms with Gasteiger partial charge in [-0.25, -0.2) is 0 Å². The third kappa shape index (κ3) is 4.60. The van der Waals surface area contributed by atoms with Gasteiger partial charge in [0.2, 0.25) is 5.91 Å². The van der Waals surface area contributed by atoms with Gasteiger partial charge in [-0.2, -0.15) is 0 Å². The van der Waals surface area contributed by atoms with Crippen molar-refractivity contribution in [3.05, 3.63) is 29.8 Å². The van der Waals surface area contributed by atoms with E-state index in [2.05, 4.69) is 5.32 Å². The Labute approximate surface area is 137 Å². The van der Waals surface area contributed by atoms with E-state index in [1.807, 2.05) is 12.1 Å². The van der Waals surface area contributed by atoms with Crippen LogP contribution in [0, 0.1) is 0 Å². The molecule has 0 spiro atoms. The molecule has 1 aromatic carbocycles. The summed E-state index contributed by atoms with van der Waals surface area (Å²) in [5.74, 6) is 0.518. The van der Waals surface area contributed by atoms with Crippen molar-refractivity contribution in [2.24, 2.45) is 5.73 Å². The van der Waals surface area contributed by atoms with Crippen molar-refractivity contribution >= 4 is 18.3 Å². The van der Waals surface area contributed by atoms with Gasteiger partial charge in [-0.1, -0.05) is 31.4 Å². The van der Waals surface area contributed by atoms with E-state index in [-0.39, 0.29) is 24.9 Å².